The molecule has 1 aliphatic heterocycles. The van der Waals surface area contributed by atoms with Crippen LogP contribution in [0.4, 0.5) is 5.69 Å². The van der Waals surface area contributed by atoms with Gasteiger partial charge in [-0.3, -0.25) is 5.01 Å². The molecule has 7 heteroatoms. The Morgan fingerprint density at radius 2 is 1.85 bits per heavy atom. The number of carbonyl (C=O) groups is 1. The molecule has 1 N–H and O–H groups in total. The van der Waals surface area contributed by atoms with Crippen molar-refractivity contribution in [3.63, 3.8) is 0 Å². The quantitative estimate of drug-likeness (QED) is 0.833. The number of carbonyl (C=O) groups excluding carboxylic acids is 1. The zero-order chi connectivity index (χ0) is 18.7. The number of nitrogens with one attached hydrogen (secondary N) is 1. The van der Waals surface area contributed by atoms with Gasteiger partial charge < -0.3 is 4.74 Å². The van der Waals surface area contributed by atoms with Gasteiger partial charge in [-0.1, -0.05) is 41.4 Å². The summed E-state index contributed by atoms with van der Waals surface area (Å²) in [6.45, 7) is 4.09. The van der Waals surface area contributed by atoms with Gasteiger partial charge in [0.2, 0.25) is 5.84 Å². The number of hydrazine groups is 1. The van der Waals surface area contributed by atoms with Crippen molar-refractivity contribution in [3.8, 4) is 0 Å². The van der Waals surface area contributed by atoms with E-state index in [1.54, 1.807) is 36.1 Å². The summed E-state index contributed by atoms with van der Waals surface area (Å²) >= 11 is 6.01. The van der Waals surface area contributed by atoms with Gasteiger partial charge in [-0.2, -0.15) is 0 Å². The molecule has 1 heterocycles. The number of hydrogen-bond acceptors (Lipinski definition) is 6. The van der Waals surface area contributed by atoms with E-state index in [-0.39, 0.29) is 18.6 Å². The van der Waals surface area contributed by atoms with Gasteiger partial charge in [-0.15, -0.1) is 5.10 Å². The fourth-order valence-electron chi connectivity index (χ4n) is 2.66. The van der Waals surface area contributed by atoms with Gasteiger partial charge in [0.05, 0.1) is 12.3 Å². The van der Waals surface area contributed by atoms with Crippen LogP contribution in [0.15, 0.2) is 53.6 Å². The number of aryl methyl sites for hydroxylation is 1. The van der Waals surface area contributed by atoms with Crippen LogP contribution in [-0.4, -0.2) is 30.5 Å². The maximum atomic E-state index is 12.2. The molecule has 3 rings (SSSR count). The van der Waals surface area contributed by atoms with Crippen LogP contribution in [0.25, 0.3) is 0 Å². The number of hydrogen-bond donors (Lipinski definition) is 1. The SMILES string of the molecule is CCOC(=O)C1=NN(c2ccc(Cl)cc2)C(c2ccc(C)cc2)NN1C. The van der Waals surface area contributed by atoms with E-state index in [0.29, 0.717) is 5.02 Å². The molecule has 0 aliphatic carbocycles. The van der Waals surface area contributed by atoms with Crippen LogP contribution in [0.3, 0.4) is 0 Å². The average Bonchev–Trinajstić information content (AvgIpc) is 2.63. The van der Waals surface area contributed by atoms with Gasteiger partial charge in [0, 0.05) is 12.1 Å². The van der Waals surface area contributed by atoms with Crippen LogP contribution in [0.1, 0.15) is 24.2 Å². The fraction of sp³-hybridized carbons (Fsp3) is 0.263. The Hall–Kier alpha value is -2.57. The van der Waals surface area contributed by atoms with Gasteiger partial charge in [0.25, 0.3) is 0 Å². The molecule has 1 aliphatic rings. The average molecular weight is 373 g/mol. The predicted octanol–water partition coefficient (Wildman–Crippen LogP) is 3.48. The monoisotopic (exact) mass is 372 g/mol. The molecule has 0 amide bonds. The summed E-state index contributed by atoms with van der Waals surface area (Å²) < 4.78 is 5.11. The van der Waals surface area contributed by atoms with E-state index in [0.717, 1.165) is 11.3 Å². The third-order valence-electron chi connectivity index (χ3n) is 4.02. The minimum atomic E-state index is -0.483. The van der Waals surface area contributed by atoms with E-state index in [4.69, 9.17) is 16.3 Å². The first-order valence-corrected chi connectivity index (χ1v) is 8.74. The second-order valence-corrected chi connectivity index (χ2v) is 6.40. The summed E-state index contributed by atoms with van der Waals surface area (Å²) in [5.41, 5.74) is 6.30. The number of esters is 1. The third kappa shape index (κ3) is 3.81. The van der Waals surface area contributed by atoms with Gasteiger partial charge in [0.15, 0.2) is 0 Å². The van der Waals surface area contributed by atoms with Crippen molar-refractivity contribution >= 4 is 29.1 Å². The Labute approximate surface area is 158 Å². The van der Waals surface area contributed by atoms with Crippen LogP contribution < -0.4 is 10.4 Å². The molecule has 6 nitrogen and oxygen atoms in total. The number of rotatable bonds is 4. The van der Waals surface area contributed by atoms with Crippen molar-refractivity contribution < 1.29 is 9.53 Å². The largest absolute Gasteiger partial charge is 0.460 e. The molecule has 0 fully saturated rings. The molecular weight excluding hydrogens is 352 g/mol. The molecular formula is C19H21ClN4O2. The molecule has 0 spiro atoms. The Morgan fingerprint density at radius 3 is 2.46 bits per heavy atom. The van der Waals surface area contributed by atoms with Gasteiger partial charge in [-0.05, 0) is 43.7 Å². The summed E-state index contributed by atoms with van der Waals surface area (Å²) in [5, 5.41) is 8.54. The normalized spacial score (nSPS) is 17.1. The van der Waals surface area contributed by atoms with Crippen molar-refractivity contribution in [1.82, 2.24) is 10.4 Å². The highest BCUT2D eigenvalue weighted by Gasteiger charge is 2.32. The minimum absolute atomic E-state index is 0.185. The molecule has 0 aromatic heterocycles. The zero-order valence-electron chi connectivity index (χ0n) is 14.9. The molecule has 0 radical (unpaired) electrons. The predicted molar refractivity (Wildman–Crippen MR) is 103 cm³/mol. The number of halogens is 1. The lowest BCUT2D eigenvalue weighted by Crippen LogP contribution is -2.55. The lowest BCUT2D eigenvalue weighted by molar-refractivity contribution is -0.136. The fourth-order valence-corrected chi connectivity index (χ4v) is 2.79. The molecule has 0 saturated heterocycles. The van der Waals surface area contributed by atoms with Crippen LogP contribution in [0.5, 0.6) is 0 Å². The standard InChI is InChI=1S/C19H21ClN4O2/c1-4-26-19(25)18-22-24(16-11-9-15(20)10-12-16)17(21-23(18)3)14-7-5-13(2)6-8-14/h5-12,17,21H,4H2,1-3H3. The van der Waals surface area contributed by atoms with Crippen molar-refractivity contribution in [2.24, 2.45) is 5.10 Å². The van der Waals surface area contributed by atoms with Crippen LogP contribution in [0, 0.1) is 6.92 Å². The van der Waals surface area contributed by atoms with E-state index in [2.05, 4.69) is 10.5 Å². The molecule has 0 bridgehead atoms. The van der Waals surface area contributed by atoms with Gasteiger partial charge >= 0.3 is 5.97 Å². The molecule has 136 valence electrons. The maximum Gasteiger partial charge on any atom is 0.377 e. The number of hydrazone groups is 1. The third-order valence-corrected chi connectivity index (χ3v) is 4.27. The second kappa shape index (κ2) is 7.76. The molecule has 1 atom stereocenters. The highest BCUT2D eigenvalue weighted by Crippen LogP contribution is 2.30. The summed E-state index contributed by atoms with van der Waals surface area (Å²) in [6.07, 6.45) is -0.278. The van der Waals surface area contributed by atoms with E-state index in [9.17, 15) is 4.79 Å². The molecule has 2 aromatic rings. The summed E-state index contributed by atoms with van der Waals surface area (Å²) in [7, 11) is 1.75. The van der Waals surface area contributed by atoms with Crippen LogP contribution in [0.2, 0.25) is 5.02 Å². The van der Waals surface area contributed by atoms with Crippen molar-refractivity contribution in [2.75, 3.05) is 18.7 Å². The van der Waals surface area contributed by atoms with Gasteiger partial charge in [-0.25, -0.2) is 15.2 Å². The second-order valence-electron chi connectivity index (χ2n) is 5.97. The maximum absolute atomic E-state index is 12.2. The minimum Gasteiger partial charge on any atom is -0.460 e. The smallest absolute Gasteiger partial charge is 0.377 e. The number of nitrogens with zero attached hydrogens (tertiary/aromatic N) is 3. The molecule has 2 aromatic carbocycles. The Bertz CT molecular complexity index is 805. The summed E-state index contributed by atoms with van der Waals surface area (Å²) in [4.78, 5) is 12.2. The number of amidine groups is 1. The Kier molecular flexibility index (Phi) is 5.44. The highest BCUT2D eigenvalue weighted by molar-refractivity contribution is 6.35. The zero-order valence-corrected chi connectivity index (χ0v) is 15.7. The highest BCUT2D eigenvalue weighted by atomic mass is 35.5. The lowest BCUT2D eigenvalue weighted by atomic mass is 10.1. The number of benzene rings is 2. The van der Waals surface area contributed by atoms with Crippen molar-refractivity contribution in [3.05, 3.63) is 64.7 Å². The van der Waals surface area contributed by atoms with E-state index >= 15 is 0 Å². The van der Waals surface area contributed by atoms with Crippen LogP contribution in [-0.2, 0) is 9.53 Å². The topological polar surface area (TPSA) is 57.2 Å². The molecule has 26 heavy (non-hydrogen) atoms. The first kappa shape index (κ1) is 18.2. The molecule has 0 saturated carbocycles. The van der Waals surface area contributed by atoms with Crippen molar-refractivity contribution in [2.45, 2.75) is 20.0 Å². The van der Waals surface area contributed by atoms with Crippen molar-refractivity contribution in [1.29, 1.82) is 0 Å². The summed E-state index contributed by atoms with van der Waals surface area (Å²) in [5.74, 6) is -0.297. The Balaban J connectivity index is 2.04. The van der Waals surface area contributed by atoms with E-state index in [1.807, 2.05) is 43.3 Å². The first-order valence-electron chi connectivity index (χ1n) is 8.36. The van der Waals surface area contributed by atoms with E-state index in [1.165, 1.54) is 5.56 Å². The number of likely N-dealkylation sites (N-methyl/N-ethyl adjacent to an activating group) is 1. The molecule has 1 unspecified atom stereocenters. The summed E-state index contributed by atoms with van der Waals surface area (Å²) in [6, 6.07) is 15.5. The van der Waals surface area contributed by atoms with Crippen LogP contribution >= 0.6 is 11.6 Å². The first-order chi connectivity index (χ1) is 12.5. The number of anilines is 1. The van der Waals surface area contributed by atoms with E-state index < -0.39 is 5.97 Å². The number of ether oxygens (including phenoxy) is 1. The van der Waals surface area contributed by atoms with Gasteiger partial charge in [0.1, 0.15) is 6.17 Å². The Morgan fingerprint density at radius 1 is 1.19 bits per heavy atom. The lowest BCUT2D eigenvalue weighted by Gasteiger charge is -2.39.